The standard InChI is InChI=1S/C11H14N4/c1-9-13-11(15-14-9)7-8-12-10-5-3-2-4-6-10/h2-6,12H,7-8H2,1H3,(H,13,14,15). The average molecular weight is 202 g/mol. The van der Waals surface area contributed by atoms with Crippen molar-refractivity contribution in [2.45, 2.75) is 13.3 Å². The first-order valence-corrected chi connectivity index (χ1v) is 5.01. The molecule has 0 saturated heterocycles. The predicted molar refractivity (Wildman–Crippen MR) is 59.8 cm³/mol. The molecule has 0 aliphatic heterocycles. The summed E-state index contributed by atoms with van der Waals surface area (Å²) in [5.74, 6) is 1.72. The van der Waals surface area contributed by atoms with Crippen molar-refractivity contribution in [2.75, 3.05) is 11.9 Å². The molecule has 1 aromatic carbocycles. The zero-order valence-electron chi connectivity index (χ0n) is 8.70. The van der Waals surface area contributed by atoms with Crippen molar-refractivity contribution in [3.63, 3.8) is 0 Å². The Morgan fingerprint density at radius 1 is 1.27 bits per heavy atom. The van der Waals surface area contributed by atoms with Crippen molar-refractivity contribution in [3.8, 4) is 0 Å². The summed E-state index contributed by atoms with van der Waals surface area (Å²) in [6.07, 6.45) is 0.833. The Morgan fingerprint density at radius 2 is 2.07 bits per heavy atom. The van der Waals surface area contributed by atoms with Crippen molar-refractivity contribution in [3.05, 3.63) is 42.0 Å². The normalized spacial score (nSPS) is 10.2. The second-order valence-corrected chi connectivity index (χ2v) is 3.38. The fourth-order valence-electron chi connectivity index (χ4n) is 1.38. The molecule has 0 spiro atoms. The van der Waals surface area contributed by atoms with Gasteiger partial charge in [0.25, 0.3) is 0 Å². The Labute approximate surface area is 88.8 Å². The number of para-hydroxylation sites is 1. The summed E-state index contributed by atoms with van der Waals surface area (Å²) in [6.45, 7) is 2.75. The maximum atomic E-state index is 4.24. The summed E-state index contributed by atoms with van der Waals surface area (Å²) in [5.41, 5.74) is 1.13. The van der Waals surface area contributed by atoms with Crippen LogP contribution in [0.3, 0.4) is 0 Å². The maximum absolute atomic E-state index is 4.24. The van der Waals surface area contributed by atoms with Crippen LogP contribution in [0.5, 0.6) is 0 Å². The molecule has 2 aromatic rings. The molecule has 0 amide bonds. The number of rotatable bonds is 4. The number of hydrogen-bond donors (Lipinski definition) is 2. The molecule has 78 valence electrons. The molecular weight excluding hydrogens is 188 g/mol. The van der Waals surface area contributed by atoms with Crippen LogP contribution in [0.15, 0.2) is 30.3 Å². The van der Waals surface area contributed by atoms with Crippen LogP contribution >= 0.6 is 0 Å². The van der Waals surface area contributed by atoms with Gasteiger partial charge in [-0.15, -0.1) is 0 Å². The van der Waals surface area contributed by atoms with Crippen LogP contribution in [0.25, 0.3) is 0 Å². The van der Waals surface area contributed by atoms with E-state index in [0.717, 1.165) is 30.3 Å². The quantitative estimate of drug-likeness (QED) is 0.794. The van der Waals surface area contributed by atoms with Crippen LogP contribution in [-0.2, 0) is 6.42 Å². The van der Waals surface area contributed by atoms with E-state index in [1.807, 2.05) is 37.3 Å². The zero-order valence-corrected chi connectivity index (χ0v) is 8.70. The van der Waals surface area contributed by atoms with Crippen LogP contribution in [0, 0.1) is 6.92 Å². The molecule has 0 radical (unpaired) electrons. The van der Waals surface area contributed by atoms with Crippen LogP contribution in [-0.4, -0.2) is 21.7 Å². The Morgan fingerprint density at radius 3 is 2.73 bits per heavy atom. The second kappa shape index (κ2) is 4.59. The third-order valence-electron chi connectivity index (χ3n) is 2.10. The highest BCUT2D eigenvalue weighted by atomic mass is 15.2. The lowest BCUT2D eigenvalue weighted by atomic mass is 10.3. The highest BCUT2D eigenvalue weighted by Gasteiger charge is 1.98. The van der Waals surface area contributed by atoms with E-state index in [4.69, 9.17) is 0 Å². The fourth-order valence-corrected chi connectivity index (χ4v) is 1.38. The minimum absolute atomic E-state index is 0.833. The van der Waals surface area contributed by atoms with Gasteiger partial charge in [0, 0.05) is 18.7 Å². The largest absolute Gasteiger partial charge is 0.385 e. The number of aromatic amines is 1. The third-order valence-corrected chi connectivity index (χ3v) is 2.10. The monoisotopic (exact) mass is 202 g/mol. The van der Waals surface area contributed by atoms with Gasteiger partial charge in [0.2, 0.25) is 0 Å². The first-order valence-electron chi connectivity index (χ1n) is 5.01. The molecule has 0 bridgehead atoms. The van der Waals surface area contributed by atoms with Gasteiger partial charge in [-0.05, 0) is 19.1 Å². The van der Waals surface area contributed by atoms with Crippen molar-refractivity contribution in [1.29, 1.82) is 0 Å². The summed E-state index contributed by atoms with van der Waals surface area (Å²) in [7, 11) is 0. The van der Waals surface area contributed by atoms with E-state index < -0.39 is 0 Å². The lowest BCUT2D eigenvalue weighted by Gasteiger charge is -2.03. The summed E-state index contributed by atoms with van der Waals surface area (Å²) < 4.78 is 0. The third kappa shape index (κ3) is 2.80. The molecule has 0 aliphatic rings. The molecule has 0 saturated carbocycles. The van der Waals surface area contributed by atoms with Crippen LogP contribution in [0.1, 0.15) is 11.6 Å². The van der Waals surface area contributed by atoms with Crippen molar-refractivity contribution in [1.82, 2.24) is 15.2 Å². The Balaban J connectivity index is 1.80. The molecule has 4 nitrogen and oxygen atoms in total. The van der Waals surface area contributed by atoms with Gasteiger partial charge >= 0.3 is 0 Å². The minimum Gasteiger partial charge on any atom is -0.385 e. The topological polar surface area (TPSA) is 53.6 Å². The van der Waals surface area contributed by atoms with Crippen LogP contribution in [0.4, 0.5) is 5.69 Å². The molecule has 0 atom stereocenters. The molecule has 4 heteroatoms. The van der Waals surface area contributed by atoms with E-state index in [1.165, 1.54) is 0 Å². The number of aryl methyl sites for hydroxylation is 1. The van der Waals surface area contributed by atoms with Gasteiger partial charge in [0.1, 0.15) is 5.82 Å². The maximum Gasteiger partial charge on any atom is 0.152 e. The Kier molecular flexibility index (Phi) is 2.97. The number of benzene rings is 1. The average Bonchev–Trinajstić information content (AvgIpc) is 2.66. The van der Waals surface area contributed by atoms with E-state index in [-0.39, 0.29) is 0 Å². The van der Waals surface area contributed by atoms with Gasteiger partial charge in [-0.1, -0.05) is 18.2 Å². The van der Waals surface area contributed by atoms with Crippen LogP contribution in [0.2, 0.25) is 0 Å². The van der Waals surface area contributed by atoms with Gasteiger partial charge in [-0.3, -0.25) is 5.10 Å². The van der Waals surface area contributed by atoms with Gasteiger partial charge in [0.05, 0.1) is 0 Å². The number of aromatic nitrogens is 3. The number of nitrogens with zero attached hydrogens (tertiary/aromatic N) is 2. The molecule has 15 heavy (non-hydrogen) atoms. The molecule has 0 aliphatic carbocycles. The van der Waals surface area contributed by atoms with Gasteiger partial charge in [-0.25, -0.2) is 4.98 Å². The number of hydrogen-bond acceptors (Lipinski definition) is 3. The van der Waals surface area contributed by atoms with Gasteiger partial charge in [-0.2, -0.15) is 5.10 Å². The smallest absolute Gasteiger partial charge is 0.152 e. The second-order valence-electron chi connectivity index (χ2n) is 3.38. The summed E-state index contributed by atoms with van der Waals surface area (Å²) >= 11 is 0. The lowest BCUT2D eigenvalue weighted by molar-refractivity contribution is 0.901. The number of H-pyrrole nitrogens is 1. The summed E-state index contributed by atoms with van der Waals surface area (Å²) in [4.78, 5) is 4.24. The van der Waals surface area contributed by atoms with Crippen LogP contribution < -0.4 is 5.32 Å². The lowest BCUT2D eigenvalue weighted by Crippen LogP contribution is -2.05. The molecule has 2 N–H and O–H groups in total. The molecule has 1 heterocycles. The predicted octanol–water partition coefficient (Wildman–Crippen LogP) is 1.77. The highest BCUT2D eigenvalue weighted by Crippen LogP contribution is 2.04. The molecule has 0 fully saturated rings. The first-order chi connectivity index (χ1) is 7.34. The van der Waals surface area contributed by atoms with Crippen molar-refractivity contribution < 1.29 is 0 Å². The van der Waals surface area contributed by atoms with E-state index in [0.29, 0.717) is 0 Å². The molecule has 0 unspecified atom stereocenters. The van der Waals surface area contributed by atoms with E-state index in [9.17, 15) is 0 Å². The number of nitrogens with one attached hydrogen (secondary N) is 2. The van der Waals surface area contributed by atoms with Gasteiger partial charge in [0.15, 0.2) is 5.82 Å². The number of anilines is 1. The molecule has 1 aromatic heterocycles. The molecular formula is C11H14N4. The first kappa shape index (κ1) is 9.71. The van der Waals surface area contributed by atoms with Gasteiger partial charge < -0.3 is 5.32 Å². The summed E-state index contributed by atoms with van der Waals surface area (Å²) in [5, 5.41) is 10.2. The zero-order chi connectivity index (χ0) is 10.5. The van der Waals surface area contributed by atoms with E-state index in [2.05, 4.69) is 20.5 Å². The Hall–Kier alpha value is -1.84. The fraction of sp³-hybridized carbons (Fsp3) is 0.273. The minimum atomic E-state index is 0.833. The Bertz CT molecular complexity index is 408. The molecule has 2 rings (SSSR count). The van der Waals surface area contributed by atoms with E-state index >= 15 is 0 Å². The highest BCUT2D eigenvalue weighted by molar-refractivity contribution is 5.42. The summed E-state index contributed by atoms with van der Waals surface area (Å²) in [6, 6.07) is 10.1. The SMILES string of the molecule is Cc1nc(CCNc2ccccc2)n[nH]1. The van der Waals surface area contributed by atoms with Crippen molar-refractivity contribution in [2.24, 2.45) is 0 Å². The van der Waals surface area contributed by atoms with E-state index in [1.54, 1.807) is 0 Å². The van der Waals surface area contributed by atoms with Crippen molar-refractivity contribution >= 4 is 5.69 Å².